The number of carbonyl (C=O) groups is 1. The number of aromatic nitrogens is 5. The van der Waals surface area contributed by atoms with Crippen LogP contribution in [0.25, 0.3) is 16.4 Å². The van der Waals surface area contributed by atoms with Crippen molar-refractivity contribution in [1.82, 2.24) is 24.4 Å². The van der Waals surface area contributed by atoms with Gasteiger partial charge >= 0.3 is 0 Å². The summed E-state index contributed by atoms with van der Waals surface area (Å²) in [6.07, 6.45) is -4.43. The molecule has 0 atom stereocenters. The summed E-state index contributed by atoms with van der Waals surface area (Å²) in [5.41, 5.74) is -1.09. The molecule has 0 radical (unpaired) electrons. The Morgan fingerprint density at radius 1 is 0.941 bits per heavy atom. The zero-order valence-corrected chi connectivity index (χ0v) is 17.4. The molecule has 5 aromatic rings. The largest absolute Gasteiger partial charge is 0.304 e. The Balaban J connectivity index is 1.37. The van der Waals surface area contributed by atoms with Gasteiger partial charge in [-0.05, 0) is 22.4 Å². The fourth-order valence-corrected chi connectivity index (χ4v) is 3.70. The van der Waals surface area contributed by atoms with E-state index in [4.69, 9.17) is 0 Å². The van der Waals surface area contributed by atoms with Crippen LogP contribution in [0.2, 0.25) is 0 Å². The van der Waals surface area contributed by atoms with Gasteiger partial charge in [-0.3, -0.25) is 9.48 Å². The Labute approximate surface area is 189 Å². The molecule has 3 heterocycles. The Kier molecular flexibility index (Phi) is 5.44. The zero-order chi connectivity index (χ0) is 23.8. The van der Waals surface area contributed by atoms with Crippen molar-refractivity contribution in [2.24, 2.45) is 0 Å². The quantitative estimate of drug-likeness (QED) is 0.345. The number of benzene rings is 2. The van der Waals surface area contributed by atoms with E-state index in [2.05, 4.69) is 20.5 Å². The Bertz CT molecular complexity index is 1500. The highest BCUT2D eigenvalue weighted by atomic mass is 19.3. The molecular weight excluding hydrogens is 452 g/mol. The molecule has 2 aromatic carbocycles. The predicted octanol–water partition coefficient (Wildman–Crippen LogP) is 5.25. The van der Waals surface area contributed by atoms with Crippen molar-refractivity contribution in [2.45, 2.75) is 19.4 Å². The molecule has 0 unspecified atom stereocenters. The number of nitrogens with zero attached hydrogens (tertiary/aromatic N) is 5. The summed E-state index contributed by atoms with van der Waals surface area (Å²) in [4.78, 5) is 16.2. The number of carbonyl (C=O) groups excluding carboxylic acids is 1. The highest BCUT2D eigenvalue weighted by Gasteiger charge is 2.22. The lowest BCUT2D eigenvalue weighted by Gasteiger charge is -2.07. The van der Waals surface area contributed by atoms with Gasteiger partial charge in [0.05, 0.1) is 6.54 Å². The molecule has 0 aliphatic carbocycles. The highest BCUT2D eigenvalue weighted by molar-refractivity contribution is 6.02. The minimum atomic E-state index is -3.08. The van der Waals surface area contributed by atoms with Crippen LogP contribution in [-0.4, -0.2) is 30.3 Å². The van der Waals surface area contributed by atoms with Crippen LogP contribution >= 0.6 is 0 Å². The number of alkyl halides is 4. The van der Waals surface area contributed by atoms with Gasteiger partial charge in [0.2, 0.25) is 0 Å². The fourth-order valence-electron chi connectivity index (χ4n) is 3.70. The van der Waals surface area contributed by atoms with Crippen molar-refractivity contribution in [3.8, 4) is 0 Å². The van der Waals surface area contributed by atoms with Crippen LogP contribution in [-0.2, 0) is 6.54 Å². The van der Waals surface area contributed by atoms with Crippen LogP contribution in [0.15, 0.2) is 66.9 Å². The summed E-state index contributed by atoms with van der Waals surface area (Å²) in [7, 11) is 0. The van der Waals surface area contributed by atoms with Gasteiger partial charge in [0.1, 0.15) is 11.4 Å². The summed E-state index contributed by atoms with van der Waals surface area (Å²) in [6.45, 7) is 0.462. The lowest BCUT2D eigenvalue weighted by Crippen LogP contribution is -2.14. The number of nitrogens with one attached hydrogen (secondary N) is 1. The average Bonchev–Trinajstić information content (AvgIpc) is 3.45. The normalized spacial score (nSPS) is 11.7. The molecule has 3 aromatic heterocycles. The number of rotatable bonds is 6. The molecule has 0 saturated carbocycles. The van der Waals surface area contributed by atoms with E-state index in [9.17, 15) is 22.4 Å². The van der Waals surface area contributed by atoms with Gasteiger partial charge in [-0.15, -0.1) is 0 Å². The number of hydrogen-bond donors (Lipinski definition) is 1. The first-order valence-electron chi connectivity index (χ1n) is 10.2. The predicted molar refractivity (Wildman–Crippen MR) is 116 cm³/mol. The van der Waals surface area contributed by atoms with Crippen LogP contribution in [0.4, 0.5) is 23.4 Å². The molecule has 1 amide bonds. The van der Waals surface area contributed by atoms with E-state index in [1.54, 1.807) is 16.9 Å². The van der Waals surface area contributed by atoms with E-state index in [1.165, 1.54) is 0 Å². The smallest absolute Gasteiger partial charge is 0.280 e. The molecule has 0 aliphatic heterocycles. The second-order valence-electron chi connectivity index (χ2n) is 7.50. The van der Waals surface area contributed by atoms with Crippen LogP contribution in [0.3, 0.4) is 0 Å². The number of fused-ring (bicyclic) bond motifs is 2. The van der Waals surface area contributed by atoms with Crippen LogP contribution in [0, 0.1) is 0 Å². The van der Waals surface area contributed by atoms with Gasteiger partial charge in [0.15, 0.2) is 17.2 Å². The summed E-state index contributed by atoms with van der Waals surface area (Å²) < 4.78 is 55.0. The Hall–Kier alpha value is -4.28. The van der Waals surface area contributed by atoms with E-state index in [1.807, 2.05) is 42.5 Å². The third kappa shape index (κ3) is 4.07. The van der Waals surface area contributed by atoms with Gasteiger partial charge in [-0.1, -0.05) is 42.5 Å². The number of hydrogen-bond acceptors (Lipinski definition) is 4. The molecule has 11 heteroatoms. The van der Waals surface area contributed by atoms with Gasteiger partial charge in [0.25, 0.3) is 18.8 Å². The second kappa shape index (κ2) is 8.58. The van der Waals surface area contributed by atoms with Crippen LogP contribution in [0.5, 0.6) is 0 Å². The highest BCUT2D eigenvalue weighted by Crippen LogP contribution is 2.25. The fraction of sp³-hybridized carbons (Fsp3) is 0.130. The average molecular weight is 468 g/mol. The number of amides is 1. The SMILES string of the molecule is O=C(Nc1ccn(Cc2cccc3ccccc23)n1)c1cc2nc(C(F)F)cc(C(F)F)n2n1. The molecule has 5 rings (SSSR count). The van der Waals surface area contributed by atoms with Crippen molar-refractivity contribution in [1.29, 1.82) is 0 Å². The molecule has 7 nitrogen and oxygen atoms in total. The standard InChI is InChI=1S/C23H16F4N6O/c24-21(25)16-10-18(22(26)27)33-20(28-16)11-17(30-33)23(34)29-19-8-9-32(31-19)12-14-6-3-5-13-4-1-2-7-15(13)14/h1-11,21-22H,12H2,(H,29,31,34). The van der Waals surface area contributed by atoms with Crippen LogP contribution < -0.4 is 5.32 Å². The third-order valence-corrected chi connectivity index (χ3v) is 5.25. The zero-order valence-electron chi connectivity index (χ0n) is 17.4. The molecule has 0 aliphatic rings. The van der Waals surface area contributed by atoms with Crippen molar-refractivity contribution in [3.05, 3.63) is 89.5 Å². The van der Waals surface area contributed by atoms with Crippen molar-refractivity contribution in [3.63, 3.8) is 0 Å². The van der Waals surface area contributed by atoms with Gasteiger partial charge in [-0.2, -0.15) is 10.2 Å². The maximum atomic E-state index is 13.3. The summed E-state index contributed by atoms with van der Waals surface area (Å²) in [5.74, 6) is -0.516. The topological polar surface area (TPSA) is 77.1 Å². The second-order valence-corrected chi connectivity index (χ2v) is 7.50. The first-order chi connectivity index (χ1) is 16.4. The monoisotopic (exact) mass is 468 g/mol. The maximum Gasteiger partial charge on any atom is 0.280 e. The van der Waals surface area contributed by atoms with E-state index in [-0.39, 0.29) is 17.2 Å². The molecule has 0 fully saturated rings. The van der Waals surface area contributed by atoms with Gasteiger partial charge in [0, 0.05) is 18.3 Å². The molecule has 1 N–H and O–H groups in total. The maximum absolute atomic E-state index is 13.3. The lowest BCUT2D eigenvalue weighted by molar-refractivity contribution is 0.102. The lowest BCUT2D eigenvalue weighted by atomic mass is 10.0. The minimum Gasteiger partial charge on any atom is -0.304 e. The molecule has 172 valence electrons. The van der Waals surface area contributed by atoms with E-state index in [0.717, 1.165) is 22.4 Å². The van der Waals surface area contributed by atoms with E-state index < -0.39 is 30.1 Å². The summed E-state index contributed by atoms with van der Waals surface area (Å²) in [5, 5.41) is 12.9. The minimum absolute atomic E-state index is 0.220. The Morgan fingerprint density at radius 2 is 1.74 bits per heavy atom. The molecule has 34 heavy (non-hydrogen) atoms. The molecule has 0 bridgehead atoms. The number of halogens is 4. The Morgan fingerprint density at radius 3 is 2.53 bits per heavy atom. The van der Waals surface area contributed by atoms with Gasteiger partial charge < -0.3 is 5.32 Å². The van der Waals surface area contributed by atoms with Gasteiger partial charge in [-0.25, -0.2) is 27.1 Å². The van der Waals surface area contributed by atoms with Crippen molar-refractivity contribution >= 4 is 28.1 Å². The van der Waals surface area contributed by atoms with Crippen molar-refractivity contribution in [2.75, 3.05) is 5.32 Å². The van der Waals surface area contributed by atoms with Crippen LogP contribution in [0.1, 0.15) is 40.3 Å². The molecule has 0 saturated heterocycles. The van der Waals surface area contributed by atoms with Crippen molar-refractivity contribution < 1.29 is 22.4 Å². The van der Waals surface area contributed by atoms with E-state index >= 15 is 0 Å². The molecular formula is C23H16F4N6O. The summed E-state index contributed by atoms with van der Waals surface area (Å²) >= 11 is 0. The summed E-state index contributed by atoms with van der Waals surface area (Å²) in [6, 6.07) is 17.1. The molecule has 0 spiro atoms. The first kappa shape index (κ1) is 21.6. The van der Waals surface area contributed by atoms with E-state index in [0.29, 0.717) is 17.1 Å². The third-order valence-electron chi connectivity index (χ3n) is 5.25. The number of anilines is 1. The first-order valence-corrected chi connectivity index (χ1v) is 10.2.